The Labute approximate surface area is 191 Å². The van der Waals surface area contributed by atoms with E-state index in [1.54, 1.807) is 0 Å². The fraction of sp³-hybridized carbons (Fsp3) is 0.250. The molecule has 0 saturated heterocycles. The third-order valence-corrected chi connectivity index (χ3v) is 7.92. The highest BCUT2D eigenvalue weighted by atomic mass is 35.5. The van der Waals surface area contributed by atoms with Gasteiger partial charge in [-0.3, -0.25) is 0 Å². The molecule has 1 aliphatic rings. The fourth-order valence-corrected chi connectivity index (χ4v) is 6.48. The molecule has 2 heterocycles. The lowest BCUT2D eigenvalue weighted by Crippen LogP contribution is -2.16. The van der Waals surface area contributed by atoms with Crippen molar-refractivity contribution in [2.75, 3.05) is 11.4 Å². The molecule has 0 saturated carbocycles. The van der Waals surface area contributed by atoms with Crippen molar-refractivity contribution in [2.24, 2.45) is 0 Å². The zero-order chi connectivity index (χ0) is 20.5. The van der Waals surface area contributed by atoms with Gasteiger partial charge in [0.1, 0.15) is 0 Å². The summed E-state index contributed by atoms with van der Waals surface area (Å²) < 4.78 is 1.30. The van der Waals surface area contributed by atoms with Crippen LogP contribution in [0.1, 0.15) is 37.6 Å². The molecule has 0 spiro atoms. The molecule has 1 aliphatic heterocycles. The molecule has 2 aromatic carbocycles. The van der Waals surface area contributed by atoms with Crippen LogP contribution in [0.25, 0.3) is 16.2 Å². The average Bonchev–Trinajstić information content (AvgIpc) is 3.23. The topological polar surface area (TPSA) is 3.24 Å². The Morgan fingerprint density at radius 1 is 1.03 bits per heavy atom. The van der Waals surface area contributed by atoms with E-state index in [1.807, 2.05) is 35.2 Å². The van der Waals surface area contributed by atoms with Crippen molar-refractivity contribution in [3.8, 4) is 0 Å². The third kappa shape index (κ3) is 4.11. The second-order valence-electron chi connectivity index (χ2n) is 6.95. The molecule has 0 N–H and O–H groups in total. The van der Waals surface area contributed by atoms with Crippen LogP contribution in [0.3, 0.4) is 0 Å². The van der Waals surface area contributed by atoms with Gasteiger partial charge in [0, 0.05) is 31.1 Å². The van der Waals surface area contributed by atoms with Gasteiger partial charge in [-0.1, -0.05) is 48.8 Å². The Kier molecular flexibility index (Phi) is 6.31. The molecule has 0 unspecified atom stereocenters. The Balaban J connectivity index is 1.75. The monoisotopic (exact) mass is 459 g/mol. The first kappa shape index (κ1) is 20.9. The van der Waals surface area contributed by atoms with E-state index < -0.39 is 0 Å². The third-order valence-electron chi connectivity index (χ3n) is 5.18. The molecule has 29 heavy (non-hydrogen) atoms. The number of hydrogen-bond donors (Lipinski definition) is 0. The summed E-state index contributed by atoms with van der Waals surface area (Å²) in [6, 6.07) is 12.4. The first-order chi connectivity index (χ1) is 14.0. The molecule has 0 bridgehead atoms. The van der Waals surface area contributed by atoms with Gasteiger partial charge in [-0.25, -0.2) is 0 Å². The second-order valence-corrected chi connectivity index (χ2v) is 9.97. The van der Waals surface area contributed by atoms with E-state index in [9.17, 15) is 0 Å². The molecule has 1 aromatic heterocycles. The van der Waals surface area contributed by atoms with Gasteiger partial charge in [-0.15, -0.1) is 11.3 Å². The average molecular weight is 460 g/mol. The molecule has 150 valence electrons. The van der Waals surface area contributed by atoms with Crippen LogP contribution in [0, 0.1) is 0 Å². The molecule has 0 atom stereocenters. The summed E-state index contributed by atoms with van der Waals surface area (Å²) in [5.74, 6) is 0. The molecule has 1 nitrogen and oxygen atoms in total. The van der Waals surface area contributed by atoms with Crippen molar-refractivity contribution in [3.05, 3.63) is 73.6 Å². The minimum Gasteiger partial charge on any atom is -0.335 e. The number of nitrogens with zero attached hydrogens (tertiary/aromatic N) is 1. The smallest absolute Gasteiger partial charge is 0.0804 e. The molecule has 0 fully saturated rings. The summed E-state index contributed by atoms with van der Waals surface area (Å²) in [4.78, 5) is 4.95. The van der Waals surface area contributed by atoms with Crippen LogP contribution >= 0.6 is 46.3 Å². The van der Waals surface area contributed by atoms with Gasteiger partial charge < -0.3 is 4.90 Å². The van der Waals surface area contributed by atoms with Gasteiger partial charge in [0.25, 0.3) is 0 Å². The first-order valence-electron chi connectivity index (χ1n) is 9.92. The van der Waals surface area contributed by atoms with Crippen molar-refractivity contribution in [1.29, 1.82) is 0 Å². The standard InChI is InChI=1S/C24H23Cl2NS2/c1-4-15(11-23-18(5-2)19-13-16(25)7-9-21(19)28-23)12-24-27(6-3)20-14-17(26)8-10-22(20)29-24/h7-14H,4-6H2,1-3H3. The van der Waals surface area contributed by atoms with E-state index in [0.717, 1.165) is 29.4 Å². The van der Waals surface area contributed by atoms with E-state index in [1.165, 1.54) is 41.7 Å². The summed E-state index contributed by atoms with van der Waals surface area (Å²) in [5, 5.41) is 4.13. The zero-order valence-corrected chi connectivity index (χ0v) is 19.9. The number of hydrogen-bond acceptors (Lipinski definition) is 3. The van der Waals surface area contributed by atoms with E-state index in [-0.39, 0.29) is 0 Å². The van der Waals surface area contributed by atoms with Crippen LogP contribution < -0.4 is 4.90 Å². The van der Waals surface area contributed by atoms with E-state index in [4.69, 9.17) is 23.2 Å². The maximum atomic E-state index is 6.25. The van der Waals surface area contributed by atoms with Crippen LogP contribution in [-0.2, 0) is 6.42 Å². The summed E-state index contributed by atoms with van der Waals surface area (Å²) >= 11 is 16.2. The number of benzene rings is 2. The normalized spacial score (nSPS) is 15.6. The number of thioether (sulfide) groups is 1. The maximum absolute atomic E-state index is 6.25. The van der Waals surface area contributed by atoms with Gasteiger partial charge in [0.15, 0.2) is 0 Å². The lowest BCUT2D eigenvalue weighted by molar-refractivity contribution is 0.998. The van der Waals surface area contributed by atoms with Gasteiger partial charge in [-0.05, 0) is 84.8 Å². The number of allylic oxidation sites excluding steroid dienone is 2. The van der Waals surface area contributed by atoms with E-state index in [0.29, 0.717) is 0 Å². The van der Waals surface area contributed by atoms with Crippen molar-refractivity contribution < 1.29 is 0 Å². The van der Waals surface area contributed by atoms with Crippen molar-refractivity contribution >= 4 is 68.2 Å². The lowest BCUT2D eigenvalue weighted by Gasteiger charge is -2.18. The highest BCUT2D eigenvalue weighted by Gasteiger charge is 2.24. The summed E-state index contributed by atoms with van der Waals surface area (Å²) in [6.07, 6.45) is 6.67. The largest absolute Gasteiger partial charge is 0.335 e. The van der Waals surface area contributed by atoms with Crippen molar-refractivity contribution in [2.45, 2.75) is 38.5 Å². The highest BCUT2D eigenvalue weighted by Crippen LogP contribution is 2.47. The zero-order valence-electron chi connectivity index (χ0n) is 16.8. The summed E-state index contributed by atoms with van der Waals surface area (Å²) in [6.45, 7) is 7.55. The SMILES string of the molecule is CCC(=Cc1sc2ccc(Cl)cc2c1CC)C=C1Sc2ccc(Cl)cc2N1CC. The molecule has 5 heteroatoms. The van der Waals surface area contributed by atoms with Crippen molar-refractivity contribution in [1.82, 2.24) is 0 Å². The fourth-order valence-electron chi connectivity index (χ4n) is 3.70. The predicted octanol–water partition coefficient (Wildman–Crippen LogP) is 9.04. The predicted molar refractivity (Wildman–Crippen MR) is 133 cm³/mol. The number of aryl methyl sites for hydroxylation is 1. The second kappa shape index (κ2) is 8.77. The first-order valence-corrected chi connectivity index (χ1v) is 12.3. The lowest BCUT2D eigenvalue weighted by atomic mass is 10.1. The molecule has 0 radical (unpaired) electrons. The number of anilines is 1. The summed E-state index contributed by atoms with van der Waals surface area (Å²) in [5.41, 5.74) is 3.92. The van der Waals surface area contributed by atoms with Gasteiger partial charge in [-0.2, -0.15) is 0 Å². The van der Waals surface area contributed by atoms with Crippen molar-refractivity contribution in [3.63, 3.8) is 0 Å². The molecular weight excluding hydrogens is 437 g/mol. The van der Waals surface area contributed by atoms with Crippen LogP contribution in [0.2, 0.25) is 10.0 Å². The van der Waals surface area contributed by atoms with Crippen LogP contribution in [0.5, 0.6) is 0 Å². The van der Waals surface area contributed by atoms with E-state index in [2.05, 4.69) is 62.1 Å². The number of rotatable bonds is 5. The van der Waals surface area contributed by atoms with E-state index >= 15 is 0 Å². The molecule has 4 rings (SSSR count). The Bertz CT molecular complexity index is 1130. The molecule has 3 aromatic rings. The maximum Gasteiger partial charge on any atom is 0.0804 e. The molecule has 0 aliphatic carbocycles. The number of fused-ring (bicyclic) bond motifs is 2. The van der Waals surface area contributed by atoms with Gasteiger partial charge in [0.2, 0.25) is 0 Å². The highest BCUT2D eigenvalue weighted by molar-refractivity contribution is 8.03. The van der Waals surface area contributed by atoms with Gasteiger partial charge in [0.05, 0.1) is 10.7 Å². The van der Waals surface area contributed by atoms with Crippen LogP contribution in [-0.4, -0.2) is 6.54 Å². The number of thiophene rings is 1. The Morgan fingerprint density at radius 3 is 2.52 bits per heavy atom. The minimum absolute atomic E-state index is 0.784. The Hall–Kier alpha value is -1.39. The molecule has 0 amide bonds. The Morgan fingerprint density at radius 2 is 1.79 bits per heavy atom. The minimum atomic E-state index is 0.784. The van der Waals surface area contributed by atoms with Crippen LogP contribution in [0.15, 0.2) is 58.0 Å². The van der Waals surface area contributed by atoms with Gasteiger partial charge >= 0.3 is 0 Å². The molecular formula is C24H23Cl2NS2. The summed E-state index contributed by atoms with van der Waals surface area (Å²) in [7, 11) is 0. The van der Waals surface area contributed by atoms with Crippen LogP contribution in [0.4, 0.5) is 5.69 Å². The quantitative estimate of drug-likeness (QED) is 0.374. The number of halogens is 2.